The molecule has 1 aromatic heterocycles. The standard InChI is InChI=1S/C16H16ClN3O2S/c1-10-6-19-16-20(15(10)22)8-12(9-23-16)14(21)18-7-11-4-2-3-5-13(11)17/h2-6,12H,7-9H2,1H3,(H,18,21)/t12-/m1/s1. The molecule has 0 unspecified atom stereocenters. The van der Waals surface area contributed by atoms with Crippen LogP contribution in [-0.2, 0) is 17.9 Å². The summed E-state index contributed by atoms with van der Waals surface area (Å²) in [6.45, 7) is 2.48. The summed E-state index contributed by atoms with van der Waals surface area (Å²) in [5.74, 6) is 0.289. The number of nitrogens with zero attached hydrogens (tertiary/aromatic N) is 2. The van der Waals surface area contributed by atoms with Gasteiger partial charge in [-0.15, -0.1) is 0 Å². The van der Waals surface area contributed by atoms with Crippen molar-refractivity contribution in [2.45, 2.75) is 25.2 Å². The Labute approximate surface area is 143 Å². The number of nitrogens with one attached hydrogen (secondary N) is 1. The second-order valence-corrected chi connectivity index (χ2v) is 6.85. The lowest BCUT2D eigenvalue weighted by Crippen LogP contribution is -2.40. The van der Waals surface area contributed by atoms with E-state index in [2.05, 4.69) is 10.3 Å². The summed E-state index contributed by atoms with van der Waals surface area (Å²) < 4.78 is 1.59. The van der Waals surface area contributed by atoms with Gasteiger partial charge in [0.15, 0.2) is 5.16 Å². The Balaban J connectivity index is 1.69. The van der Waals surface area contributed by atoms with Crippen LogP contribution in [-0.4, -0.2) is 21.2 Å². The lowest BCUT2D eigenvalue weighted by molar-refractivity contribution is -0.125. The monoisotopic (exact) mass is 349 g/mol. The summed E-state index contributed by atoms with van der Waals surface area (Å²) in [6, 6.07) is 7.41. The minimum absolute atomic E-state index is 0.0727. The van der Waals surface area contributed by atoms with Crippen molar-refractivity contribution in [1.82, 2.24) is 14.9 Å². The molecule has 1 atom stereocenters. The molecule has 1 amide bonds. The zero-order chi connectivity index (χ0) is 16.4. The Kier molecular flexibility index (Phi) is 4.73. The number of rotatable bonds is 3. The molecule has 0 radical (unpaired) electrons. The third-order valence-corrected chi connectivity index (χ3v) is 5.30. The Morgan fingerprint density at radius 3 is 3.04 bits per heavy atom. The van der Waals surface area contributed by atoms with Crippen molar-refractivity contribution in [2.75, 3.05) is 5.75 Å². The lowest BCUT2D eigenvalue weighted by Gasteiger charge is -2.24. The fourth-order valence-electron chi connectivity index (χ4n) is 2.43. The highest BCUT2D eigenvalue weighted by molar-refractivity contribution is 7.99. The maximum absolute atomic E-state index is 12.4. The topological polar surface area (TPSA) is 64.0 Å². The van der Waals surface area contributed by atoms with Gasteiger partial charge in [-0.25, -0.2) is 4.98 Å². The van der Waals surface area contributed by atoms with Crippen molar-refractivity contribution < 1.29 is 4.79 Å². The summed E-state index contributed by atoms with van der Waals surface area (Å²) >= 11 is 7.53. The van der Waals surface area contributed by atoms with E-state index in [1.807, 2.05) is 18.2 Å². The van der Waals surface area contributed by atoms with Crippen molar-refractivity contribution in [3.8, 4) is 0 Å². The first kappa shape index (κ1) is 16.1. The highest BCUT2D eigenvalue weighted by Crippen LogP contribution is 2.25. The summed E-state index contributed by atoms with van der Waals surface area (Å²) in [5.41, 5.74) is 1.39. The number of thioether (sulfide) groups is 1. The minimum Gasteiger partial charge on any atom is -0.352 e. The molecule has 7 heteroatoms. The Morgan fingerprint density at radius 1 is 1.48 bits per heavy atom. The number of hydrogen-bond acceptors (Lipinski definition) is 4. The van der Waals surface area contributed by atoms with Gasteiger partial charge in [-0.2, -0.15) is 0 Å². The number of fused-ring (bicyclic) bond motifs is 1. The fraction of sp³-hybridized carbons (Fsp3) is 0.312. The molecule has 1 N–H and O–H groups in total. The van der Waals surface area contributed by atoms with Gasteiger partial charge in [0, 0.05) is 35.6 Å². The zero-order valence-electron chi connectivity index (χ0n) is 12.6. The third kappa shape index (κ3) is 3.43. The van der Waals surface area contributed by atoms with Crippen LogP contribution in [0.2, 0.25) is 5.02 Å². The average molecular weight is 350 g/mol. The first-order valence-electron chi connectivity index (χ1n) is 7.26. The van der Waals surface area contributed by atoms with E-state index in [9.17, 15) is 9.59 Å². The van der Waals surface area contributed by atoms with Crippen molar-refractivity contribution in [2.24, 2.45) is 5.92 Å². The van der Waals surface area contributed by atoms with Crippen LogP contribution < -0.4 is 10.9 Å². The molecule has 1 aliphatic heterocycles. The van der Waals surface area contributed by atoms with Gasteiger partial charge in [-0.3, -0.25) is 14.2 Å². The van der Waals surface area contributed by atoms with E-state index in [0.717, 1.165) is 5.56 Å². The second kappa shape index (κ2) is 6.76. The van der Waals surface area contributed by atoms with E-state index in [1.54, 1.807) is 23.8 Å². The van der Waals surface area contributed by atoms with Gasteiger partial charge >= 0.3 is 0 Å². The first-order chi connectivity index (χ1) is 11.1. The number of benzene rings is 1. The largest absolute Gasteiger partial charge is 0.352 e. The number of hydrogen-bond donors (Lipinski definition) is 1. The molecule has 3 rings (SSSR count). The number of carbonyl (C=O) groups is 1. The fourth-order valence-corrected chi connectivity index (χ4v) is 3.68. The minimum atomic E-state index is -0.253. The molecule has 0 saturated carbocycles. The number of carbonyl (C=O) groups excluding carboxylic acids is 1. The number of aryl methyl sites for hydroxylation is 1. The molecule has 120 valence electrons. The number of amides is 1. The van der Waals surface area contributed by atoms with Gasteiger partial charge in [0.05, 0.1) is 5.92 Å². The summed E-state index contributed by atoms with van der Waals surface area (Å²) in [5, 5.41) is 4.21. The van der Waals surface area contributed by atoms with E-state index in [-0.39, 0.29) is 17.4 Å². The van der Waals surface area contributed by atoms with E-state index in [0.29, 0.717) is 34.6 Å². The quantitative estimate of drug-likeness (QED) is 0.863. The molecule has 2 heterocycles. The molecule has 0 bridgehead atoms. The summed E-state index contributed by atoms with van der Waals surface area (Å²) in [6.07, 6.45) is 1.58. The van der Waals surface area contributed by atoms with E-state index in [4.69, 9.17) is 11.6 Å². The van der Waals surface area contributed by atoms with Crippen LogP contribution in [0, 0.1) is 12.8 Å². The van der Waals surface area contributed by atoms with E-state index < -0.39 is 0 Å². The SMILES string of the molecule is Cc1cnc2n(c1=O)C[C@@H](C(=O)NCc1ccccc1Cl)CS2. The van der Waals surface area contributed by atoms with Crippen molar-refractivity contribution in [3.05, 3.63) is 57.0 Å². The highest BCUT2D eigenvalue weighted by atomic mass is 35.5. The van der Waals surface area contributed by atoms with E-state index >= 15 is 0 Å². The molecule has 0 spiro atoms. The van der Waals surface area contributed by atoms with Crippen LogP contribution in [0.4, 0.5) is 0 Å². The molecule has 0 fully saturated rings. The van der Waals surface area contributed by atoms with Crippen molar-refractivity contribution in [1.29, 1.82) is 0 Å². The average Bonchev–Trinajstić information content (AvgIpc) is 2.57. The normalized spacial score (nSPS) is 16.7. The molecular weight excluding hydrogens is 334 g/mol. The van der Waals surface area contributed by atoms with Crippen molar-refractivity contribution >= 4 is 29.3 Å². The van der Waals surface area contributed by atoms with Crippen LogP contribution in [0.25, 0.3) is 0 Å². The van der Waals surface area contributed by atoms with Crippen LogP contribution in [0.5, 0.6) is 0 Å². The lowest BCUT2D eigenvalue weighted by atomic mass is 10.1. The van der Waals surface area contributed by atoms with Gasteiger partial charge in [-0.1, -0.05) is 41.6 Å². The summed E-state index contributed by atoms with van der Waals surface area (Å²) in [4.78, 5) is 28.8. The van der Waals surface area contributed by atoms with Gasteiger partial charge in [0.25, 0.3) is 5.56 Å². The second-order valence-electron chi connectivity index (χ2n) is 5.46. The van der Waals surface area contributed by atoms with Gasteiger partial charge in [0.2, 0.25) is 5.91 Å². The number of halogens is 1. The Bertz CT molecular complexity index is 806. The molecule has 1 aliphatic rings. The van der Waals surface area contributed by atoms with Crippen molar-refractivity contribution in [3.63, 3.8) is 0 Å². The van der Waals surface area contributed by atoms with Gasteiger partial charge in [0.1, 0.15) is 0 Å². The van der Waals surface area contributed by atoms with Crippen LogP contribution >= 0.6 is 23.4 Å². The van der Waals surface area contributed by atoms with Gasteiger partial charge in [-0.05, 0) is 18.6 Å². The predicted octanol–water partition coefficient (Wildman–Crippen LogP) is 2.24. The maximum Gasteiger partial charge on any atom is 0.257 e. The Morgan fingerprint density at radius 2 is 2.26 bits per heavy atom. The predicted molar refractivity (Wildman–Crippen MR) is 90.7 cm³/mol. The summed E-state index contributed by atoms with van der Waals surface area (Å²) in [7, 11) is 0. The maximum atomic E-state index is 12.4. The van der Waals surface area contributed by atoms with Crippen LogP contribution in [0.3, 0.4) is 0 Å². The first-order valence-corrected chi connectivity index (χ1v) is 8.63. The molecule has 0 aliphatic carbocycles. The molecule has 5 nitrogen and oxygen atoms in total. The zero-order valence-corrected chi connectivity index (χ0v) is 14.2. The molecular formula is C16H16ClN3O2S. The molecule has 0 saturated heterocycles. The van der Waals surface area contributed by atoms with E-state index in [1.165, 1.54) is 11.8 Å². The highest BCUT2D eigenvalue weighted by Gasteiger charge is 2.26. The Hall–Kier alpha value is -1.79. The van der Waals surface area contributed by atoms with Gasteiger partial charge < -0.3 is 5.32 Å². The van der Waals surface area contributed by atoms with Crippen LogP contribution in [0.1, 0.15) is 11.1 Å². The molecule has 2 aromatic rings. The molecule has 1 aromatic carbocycles. The third-order valence-electron chi connectivity index (χ3n) is 3.78. The van der Waals surface area contributed by atoms with Crippen LogP contribution in [0.15, 0.2) is 40.4 Å². The molecule has 23 heavy (non-hydrogen) atoms. The number of aromatic nitrogens is 2. The smallest absolute Gasteiger partial charge is 0.257 e.